The second-order valence-electron chi connectivity index (χ2n) is 5.93. The first kappa shape index (κ1) is 22.1. The first-order chi connectivity index (χ1) is 13.9. The van der Waals surface area contributed by atoms with Gasteiger partial charge < -0.3 is 9.47 Å². The number of hydrogen-bond acceptors (Lipinski definition) is 5. The minimum absolute atomic E-state index is 0.114. The number of ether oxygens (including phenoxy) is 2. The largest absolute Gasteiger partial charge is 0.489 e. The van der Waals surface area contributed by atoms with Crippen LogP contribution < -0.4 is 4.74 Å². The Kier molecular flexibility index (Phi) is 8.36. The number of hydrogen-bond donors (Lipinski definition) is 0. The summed E-state index contributed by atoms with van der Waals surface area (Å²) in [5, 5.41) is 0. The van der Waals surface area contributed by atoms with E-state index in [-0.39, 0.29) is 12.3 Å². The zero-order chi connectivity index (χ0) is 21.1. The van der Waals surface area contributed by atoms with Gasteiger partial charge in [-0.25, -0.2) is 13.2 Å². The molecule has 0 atom stereocenters. The molecule has 0 saturated carbocycles. The number of para-hydroxylation sites is 1. The highest BCUT2D eigenvalue weighted by Gasteiger charge is 2.13. The van der Waals surface area contributed by atoms with Gasteiger partial charge in [0, 0.05) is 5.56 Å². The van der Waals surface area contributed by atoms with Crippen molar-refractivity contribution >= 4 is 33.9 Å². The van der Waals surface area contributed by atoms with Crippen molar-refractivity contribution in [2.45, 2.75) is 6.92 Å². The van der Waals surface area contributed by atoms with Gasteiger partial charge in [-0.1, -0.05) is 54.6 Å². The number of benzene rings is 2. The molecule has 0 radical (unpaired) electrons. The normalized spacial score (nSPS) is 12.4. The van der Waals surface area contributed by atoms with E-state index >= 15 is 0 Å². The summed E-state index contributed by atoms with van der Waals surface area (Å²) in [6.45, 7) is 2.09. The summed E-state index contributed by atoms with van der Waals surface area (Å²) >= 11 is 0. The molecule has 0 bridgehead atoms. The Morgan fingerprint density at radius 1 is 1.03 bits per heavy atom. The standard InChI is InChI=1S/C22H23NO5S/c1-3-27-22(24)20(23-29(2,25)26)16-15-19-13-7-8-14-21(19)28-17-9-12-18-10-5-4-6-11-18/h4-16H,3,17H2,1-2H3/b12-9+,16-15+,23-20-. The molecule has 0 spiro atoms. The van der Waals surface area contributed by atoms with Crippen LogP contribution >= 0.6 is 0 Å². The van der Waals surface area contributed by atoms with E-state index in [0.29, 0.717) is 17.9 Å². The minimum atomic E-state index is -3.75. The molecule has 7 heteroatoms. The molecule has 152 valence electrons. The molecule has 2 aromatic rings. The van der Waals surface area contributed by atoms with E-state index in [2.05, 4.69) is 4.40 Å². The third-order valence-corrected chi connectivity index (χ3v) is 4.06. The van der Waals surface area contributed by atoms with E-state index in [4.69, 9.17) is 9.47 Å². The fourth-order valence-electron chi connectivity index (χ4n) is 2.32. The van der Waals surface area contributed by atoms with Crippen LogP contribution in [0, 0.1) is 0 Å². The molecule has 2 aromatic carbocycles. The molecule has 6 nitrogen and oxygen atoms in total. The Hall–Kier alpha value is -3.19. The number of esters is 1. The maximum atomic E-state index is 12.0. The summed E-state index contributed by atoms with van der Waals surface area (Å²) in [6, 6.07) is 17.1. The summed E-state index contributed by atoms with van der Waals surface area (Å²) < 4.78 is 37.0. The number of rotatable bonds is 9. The van der Waals surface area contributed by atoms with Crippen molar-refractivity contribution in [3.63, 3.8) is 0 Å². The Morgan fingerprint density at radius 2 is 1.72 bits per heavy atom. The lowest BCUT2D eigenvalue weighted by Gasteiger charge is -2.07. The van der Waals surface area contributed by atoms with Gasteiger partial charge in [-0.05, 0) is 36.8 Å². The predicted octanol–water partition coefficient (Wildman–Crippen LogP) is 3.76. The van der Waals surface area contributed by atoms with Crippen molar-refractivity contribution in [2.75, 3.05) is 19.5 Å². The topological polar surface area (TPSA) is 82.0 Å². The summed E-state index contributed by atoms with van der Waals surface area (Å²) in [7, 11) is -3.75. The molecule has 0 N–H and O–H groups in total. The van der Waals surface area contributed by atoms with Gasteiger partial charge in [-0.3, -0.25) is 0 Å². The lowest BCUT2D eigenvalue weighted by atomic mass is 10.1. The summed E-state index contributed by atoms with van der Waals surface area (Å²) in [6.07, 6.45) is 7.63. The van der Waals surface area contributed by atoms with Gasteiger partial charge in [0.15, 0.2) is 5.71 Å². The van der Waals surface area contributed by atoms with Crippen LogP contribution in [0.4, 0.5) is 0 Å². The lowest BCUT2D eigenvalue weighted by Crippen LogP contribution is -2.17. The molecule has 0 aliphatic rings. The Labute approximate surface area is 171 Å². The van der Waals surface area contributed by atoms with Gasteiger partial charge in [0.05, 0.1) is 12.9 Å². The van der Waals surface area contributed by atoms with Crippen LogP contribution in [0.25, 0.3) is 12.2 Å². The van der Waals surface area contributed by atoms with Crippen LogP contribution in [-0.2, 0) is 19.6 Å². The maximum Gasteiger partial charge on any atom is 0.357 e. The van der Waals surface area contributed by atoms with E-state index in [0.717, 1.165) is 11.8 Å². The van der Waals surface area contributed by atoms with Crippen LogP contribution in [-0.4, -0.2) is 39.6 Å². The second kappa shape index (κ2) is 11.0. The average molecular weight is 413 g/mol. The molecule has 0 saturated heterocycles. The third kappa shape index (κ3) is 8.15. The first-order valence-corrected chi connectivity index (χ1v) is 10.8. The van der Waals surface area contributed by atoms with Crippen molar-refractivity contribution in [1.29, 1.82) is 0 Å². The molecule has 0 aromatic heterocycles. The lowest BCUT2D eigenvalue weighted by molar-refractivity contribution is -0.134. The Morgan fingerprint density at radius 3 is 2.41 bits per heavy atom. The van der Waals surface area contributed by atoms with Crippen LogP contribution in [0.3, 0.4) is 0 Å². The molecular weight excluding hydrogens is 390 g/mol. The Balaban J connectivity index is 2.14. The molecule has 0 amide bonds. The quantitative estimate of drug-likeness (QED) is 0.462. The Bertz CT molecular complexity index is 1010. The van der Waals surface area contributed by atoms with Crippen molar-refractivity contribution in [2.24, 2.45) is 4.40 Å². The first-order valence-electron chi connectivity index (χ1n) is 8.97. The minimum Gasteiger partial charge on any atom is -0.489 e. The van der Waals surface area contributed by atoms with Crippen LogP contribution in [0.2, 0.25) is 0 Å². The molecule has 29 heavy (non-hydrogen) atoms. The van der Waals surface area contributed by atoms with Gasteiger partial charge in [-0.15, -0.1) is 0 Å². The van der Waals surface area contributed by atoms with E-state index in [1.807, 2.05) is 54.6 Å². The molecule has 0 aliphatic carbocycles. The highest BCUT2D eigenvalue weighted by molar-refractivity contribution is 7.89. The SMILES string of the molecule is CCOC(=O)C(/C=C/c1ccccc1OC/C=C/c1ccccc1)=N\S(C)(=O)=O. The molecule has 0 unspecified atom stereocenters. The van der Waals surface area contributed by atoms with E-state index in [1.54, 1.807) is 25.1 Å². The monoisotopic (exact) mass is 413 g/mol. The molecular formula is C22H23NO5S. The average Bonchev–Trinajstić information content (AvgIpc) is 2.69. The van der Waals surface area contributed by atoms with Crippen molar-refractivity contribution in [3.8, 4) is 5.75 Å². The van der Waals surface area contributed by atoms with Crippen molar-refractivity contribution < 1.29 is 22.7 Å². The predicted molar refractivity (Wildman–Crippen MR) is 115 cm³/mol. The summed E-state index contributed by atoms with van der Waals surface area (Å²) in [5.74, 6) is -0.220. The number of carbonyl (C=O) groups excluding carboxylic acids is 1. The summed E-state index contributed by atoms with van der Waals surface area (Å²) in [5.41, 5.74) is 1.44. The van der Waals surface area contributed by atoms with Crippen LogP contribution in [0.1, 0.15) is 18.1 Å². The van der Waals surface area contributed by atoms with Gasteiger partial charge in [0.1, 0.15) is 12.4 Å². The second-order valence-corrected chi connectivity index (χ2v) is 7.57. The maximum absolute atomic E-state index is 12.0. The molecule has 0 aliphatic heterocycles. The number of sulfonamides is 1. The van der Waals surface area contributed by atoms with Crippen molar-refractivity contribution in [3.05, 3.63) is 77.9 Å². The fraction of sp³-hybridized carbons (Fsp3) is 0.182. The molecule has 2 rings (SSSR count). The number of nitrogens with zero attached hydrogens (tertiary/aromatic N) is 1. The zero-order valence-electron chi connectivity index (χ0n) is 16.3. The molecule has 0 heterocycles. The van der Waals surface area contributed by atoms with Crippen molar-refractivity contribution in [1.82, 2.24) is 0 Å². The van der Waals surface area contributed by atoms with Gasteiger partial charge >= 0.3 is 5.97 Å². The van der Waals surface area contributed by atoms with Crippen LogP contribution in [0.15, 0.2) is 71.1 Å². The number of carbonyl (C=O) groups is 1. The summed E-state index contributed by atoms with van der Waals surface area (Å²) in [4.78, 5) is 12.0. The van der Waals surface area contributed by atoms with Gasteiger partial charge in [0.2, 0.25) is 0 Å². The van der Waals surface area contributed by atoms with Crippen LogP contribution in [0.5, 0.6) is 5.75 Å². The highest BCUT2D eigenvalue weighted by Crippen LogP contribution is 2.20. The zero-order valence-corrected chi connectivity index (χ0v) is 17.1. The highest BCUT2D eigenvalue weighted by atomic mass is 32.2. The molecule has 0 fully saturated rings. The smallest absolute Gasteiger partial charge is 0.357 e. The van der Waals surface area contributed by atoms with Gasteiger partial charge in [0.25, 0.3) is 10.0 Å². The van der Waals surface area contributed by atoms with E-state index in [9.17, 15) is 13.2 Å². The van der Waals surface area contributed by atoms with E-state index < -0.39 is 16.0 Å². The van der Waals surface area contributed by atoms with E-state index in [1.165, 1.54) is 6.08 Å². The van der Waals surface area contributed by atoms with Gasteiger partial charge in [-0.2, -0.15) is 4.40 Å². The third-order valence-electron chi connectivity index (χ3n) is 3.53. The fourth-order valence-corrected chi connectivity index (χ4v) is 2.82.